The van der Waals surface area contributed by atoms with E-state index in [2.05, 4.69) is 34.6 Å². The number of hydrogen-bond donors (Lipinski definition) is 0. The molecule has 0 aromatic heterocycles. The van der Waals surface area contributed by atoms with Crippen molar-refractivity contribution in [2.24, 2.45) is 29.6 Å². The molecule has 0 aromatic carbocycles. The molecule has 3 atom stereocenters. The van der Waals surface area contributed by atoms with Crippen LogP contribution >= 0.6 is 0 Å². The Morgan fingerprint density at radius 1 is 0.538 bits per heavy atom. The Morgan fingerprint density at radius 2 is 0.897 bits per heavy atom. The number of hydrogen-bond acceptors (Lipinski definition) is 4. The molecule has 0 heterocycles. The smallest absolute Gasteiger partial charge is 0.309 e. The molecule has 0 spiro atoms. The van der Waals surface area contributed by atoms with Crippen LogP contribution in [0.3, 0.4) is 0 Å². The number of rotatable bonds is 24. The van der Waals surface area contributed by atoms with Crippen LogP contribution < -0.4 is 0 Å². The Balaban J connectivity index is 2.13. The van der Waals surface area contributed by atoms with Crippen LogP contribution in [-0.4, -0.2) is 25.2 Å². The second-order valence-corrected chi connectivity index (χ2v) is 13.5. The molecular weight excluding hydrogens is 484 g/mol. The Morgan fingerprint density at radius 3 is 1.31 bits per heavy atom. The van der Waals surface area contributed by atoms with Gasteiger partial charge in [-0.3, -0.25) is 9.59 Å². The van der Waals surface area contributed by atoms with E-state index in [0.29, 0.717) is 19.1 Å². The highest BCUT2D eigenvalue weighted by Crippen LogP contribution is 2.35. The molecule has 230 valence electrons. The van der Waals surface area contributed by atoms with Gasteiger partial charge in [0.25, 0.3) is 0 Å². The summed E-state index contributed by atoms with van der Waals surface area (Å²) in [4.78, 5) is 25.7. The lowest BCUT2D eigenvalue weighted by Crippen LogP contribution is -2.37. The van der Waals surface area contributed by atoms with Crippen LogP contribution in [0.4, 0.5) is 0 Å². The third-order valence-corrected chi connectivity index (χ3v) is 8.56. The van der Waals surface area contributed by atoms with Gasteiger partial charge in [-0.25, -0.2) is 0 Å². The minimum atomic E-state index is -0.331. The molecule has 1 fully saturated rings. The van der Waals surface area contributed by atoms with Crippen LogP contribution in [0.25, 0.3) is 0 Å². The predicted molar refractivity (Wildman–Crippen MR) is 165 cm³/mol. The zero-order valence-corrected chi connectivity index (χ0v) is 26.8. The number of esters is 2. The van der Waals surface area contributed by atoms with E-state index in [0.717, 1.165) is 56.8 Å². The lowest BCUT2D eigenvalue weighted by atomic mass is 9.74. The highest BCUT2D eigenvalue weighted by Gasteiger charge is 2.40. The monoisotopic (exact) mass is 550 g/mol. The molecule has 1 aliphatic rings. The molecule has 0 aromatic rings. The summed E-state index contributed by atoms with van der Waals surface area (Å²) in [7, 11) is 0. The van der Waals surface area contributed by atoms with Crippen molar-refractivity contribution in [3.05, 3.63) is 0 Å². The Hall–Kier alpha value is -1.06. The van der Waals surface area contributed by atoms with E-state index in [1.165, 1.54) is 89.9 Å². The van der Waals surface area contributed by atoms with Crippen molar-refractivity contribution in [1.29, 1.82) is 0 Å². The van der Waals surface area contributed by atoms with Crippen LogP contribution in [-0.2, 0) is 19.1 Å². The summed E-state index contributed by atoms with van der Waals surface area (Å²) in [5.74, 6) is 1.09. The maximum Gasteiger partial charge on any atom is 0.309 e. The summed E-state index contributed by atoms with van der Waals surface area (Å²) >= 11 is 0. The van der Waals surface area contributed by atoms with Crippen molar-refractivity contribution in [3.63, 3.8) is 0 Å². The minimum absolute atomic E-state index is 0.178. The molecule has 0 bridgehead atoms. The van der Waals surface area contributed by atoms with Crippen molar-refractivity contribution in [2.45, 2.75) is 169 Å². The Bertz CT molecular complexity index is 599. The van der Waals surface area contributed by atoms with Gasteiger partial charge in [-0.05, 0) is 49.9 Å². The van der Waals surface area contributed by atoms with Crippen LogP contribution in [0.5, 0.6) is 0 Å². The molecule has 1 saturated carbocycles. The third-order valence-electron chi connectivity index (χ3n) is 8.56. The zero-order chi connectivity index (χ0) is 28.7. The average Bonchev–Trinajstić information content (AvgIpc) is 2.89. The average molecular weight is 551 g/mol. The lowest BCUT2D eigenvalue weighted by Gasteiger charge is -2.31. The quantitative estimate of drug-likeness (QED) is 0.0886. The number of carbonyl (C=O) groups excluding carboxylic acids is 2. The molecular formula is C35H66O4. The molecule has 0 amide bonds. The Labute approximate surface area is 243 Å². The third kappa shape index (κ3) is 19.6. The summed E-state index contributed by atoms with van der Waals surface area (Å²) in [5, 5.41) is 0. The first-order valence-electron chi connectivity index (χ1n) is 17.1. The van der Waals surface area contributed by atoms with Crippen LogP contribution in [0.15, 0.2) is 0 Å². The van der Waals surface area contributed by atoms with E-state index in [9.17, 15) is 9.59 Å². The molecule has 1 rings (SSSR count). The topological polar surface area (TPSA) is 52.6 Å². The zero-order valence-electron chi connectivity index (χ0n) is 26.8. The highest BCUT2D eigenvalue weighted by molar-refractivity contribution is 5.82. The fourth-order valence-corrected chi connectivity index (χ4v) is 5.91. The van der Waals surface area contributed by atoms with Crippen molar-refractivity contribution in [2.75, 3.05) is 13.2 Å². The summed E-state index contributed by atoms with van der Waals surface area (Å²) in [6.07, 6.45) is 25.0. The van der Waals surface area contributed by atoms with Gasteiger partial charge < -0.3 is 9.47 Å². The van der Waals surface area contributed by atoms with Gasteiger partial charge in [-0.15, -0.1) is 0 Å². The van der Waals surface area contributed by atoms with E-state index in [1.54, 1.807) is 0 Å². The molecule has 0 radical (unpaired) electrons. The number of ether oxygens (including phenoxy) is 2. The second-order valence-electron chi connectivity index (χ2n) is 13.5. The molecule has 4 nitrogen and oxygen atoms in total. The van der Waals surface area contributed by atoms with Gasteiger partial charge in [0.15, 0.2) is 0 Å². The van der Waals surface area contributed by atoms with Gasteiger partial charge in [0.05, 0.1) is 25.0 Å². The van der Waals surface area contributed by atoms with Gasteiger partial charge in [0.1, 0.15) is 0 Å². The molecule has 4 heteroatoms. The first-order valence-corrected chi connectivity index (χ1v) is 17.1. The summed E-state index contributed by atoms with van der Waals surface area (Å²) in [6.45, 7) is 12.3. The fourth-order valence-electron chi connectivity index (χ4n) is 5.91. The summed E-state index contributed by atoms with van der Waals surface area (Å²) in [5.41, 5.74) is 0. The summed E-state index contributed by atoms with van der Waals surface area (Å²) in [6, 6.07) is 0. The maximum atomic E-state index is 12.9. The van der Waals surface area contributed by atoms with Crippen molar-refractivity contribution < 1.29 is 19.1 Å². The molecule has 1 aliphatic carbocycles. The van der Waals surface area contributed by atoms with E-state index >= 15 is 0 Å². The fraction of sp³-hybridized carbons (Fsp3) is 0.943. The lowest BCUT2D eigenvalue weighted by molar-refractivity contribution is -0.163. The standard InChI is InChI=1S/C35H66O4/c1-29(2)22-18-14-10-6-8-12-16-20-26-38-34(36)32-25-24-31(5)28-33(32)35(37)39-27-21-17-13-9-7-11-15-19-23-30(3)4/h29-33H,6-28H2,1-5H3. The van der Waals surface area contributed by atoms with E-state index in [1.807, 2.05) is 0 Å². The van der Waals surface area contributed by atoms with E-state index in [4.69, 9.17) is 9.47 Å². The molecule has 3 unspecified atom stereocenters. The van der Waals surface area contributed by atoms with Gasteiger partial charge >= 0.3 is 11.9 Å². The minimum Gasteiger partial charge on any atom is -0.465 e. The molecule has 39 heavy (non-hydrogen) atoms. The summed E-state index contributed by atoms with van der Waals surface area (Å²) < 4.78 is 11.3. The van der Waals surface area contributed by atoms with Crippen LogP contribution in [0, 0.1) is 29.6 Å². The van der Waals surface area contributed by atoms with Crippen molar-refractivity contribution in [1.82, 2.24) is 0 Å². The molecule has 0 aliphatic heterocycles. The molecule has 0 saturated heterocycles. The second kappa shape index (κ2) is 23.6. The maximum absolute atomic E-state index is 12.9. The first-order chi connectivity index (χ1) is 18.8. The molecule has 0 N–H and O–H groups in total. The van der Waals surface area contributed by atoms with Crippen LogP contribution in [0.2, 0.25) is 0 Å². The van der Waals surface area contributed by atoms with E-state index < -0.39 is 0 Å². The normalized spacial score (nSPS) is 19.5. The largest absolute Gasteiger partial charge is 0.465 e. The predicted octanol–water partition coefficient (Wildman–Crippen LogP) is 10.5. The van der Waals surface area contributed by atoms with Gasteiger partial charge in [0, 0.05) is 0 Å². The van der Waals surface area contributed by atoms with E-state index in [-0.39, 0.29) is 23.8 Å². The van der Waals surface area contributed by atoms with Crippen molar-refractivity contribution >= 4 is 11.9 Å². The highest BCUT2D eigenvalue weighted by atomic mass is 16.5. The first kappa shape index (κ1) is 36.0. The Kier molecular flexibility index (Phi) is 21.8. The number of unbranched alkanes of at least 4 members (excludes halogenated alkanes) is 14. The van der Waals surface area contributed by atoms with Gasteiger partial charge in [-0.2, -0.15) is 0 Å². The van der Waals surface area contributed by atoms with Crippen LogP contribution in [0.1, 0.15) is 169 Å². The SMILES string of the molecule is CC(C)CCCCCCCCCCOC(=O)C1CCC(C)CC1C(=O)OCCCCCCCCCCC(C)C. The van der Waals surface area contributed by atoms with Gasteiger partial charge in [0.2, 0.25) is 0 Å². The number of carbonyl (C=O) groups is 2. The van der Waals surface area contributed by atoms with Crippen molar-refractivity contribution in [3.8, 4) is 0 Å². The van der Waals surface area contributed by atoms with Gasteiger partial charge in [-0.1, -0.05) is 137 Å².